The molecule has 1 aromatic heterocycles. The molecule has 4 nitrogen and oxygen atoms in total. The van der Waals surface area contributed by atoms with Crippen LogP contribution in [0.2, 0.25) is 0 Å². The maximum Gasteiger partial charge on any atom is 0.341 e. The molecule has 2 atom stereocenters. The van der Waals surface area contributed by atoms with Gasteiger partial charge in [-0.2, -0.15) is 0 Å². The number of pyridine rings is 1. The lowest BCUT2D eigenvalue weighted by molar-refractivity contribution is -0.147. The molecule has 0 saturated heterocycles. The quantitative estimate of drug-likeness (QED) is 0.849. The molecule has 5 heteroatoms. The van der Waals surface area contributed by atoms with Gasteiger partial charge in [0, 0.05) is 17.1 Å². The zero-order chi connectivity index (χ0) is 12.4. The van der Waals surface area contributed by atoms with Crippen molar-refractivity contribution in [1.29, 1.82) is 0 Å². The van der Waals surface area contributed by atoms with Crippen molar-refractivity contribution < 1.29 is 19.4 Å². The van der Waals surface area contributed by atoms with E-state index in [1.54, 1.807) is 24.3 Å². The Kier molecular flexibility index (Phi) is 3.01. The van der Waals surface area contributed by atoms with E-state index in [0.29, 0.717) is 5.52 Å². The van der Waals surface area contributed by atoms with Crippen LogP contribution >= 0.6 is 0 Å². The maximum atomic E-state index is 13.3. The van der Waals surface area contributed by atoms with Crippen molar-refractivity contribution >= 4 is 16.9 Å². The Hall–Kier alpha value is -2.01. The minimum atomic E-state index is -2.36. The summed E-state index contributed by atoms with van der Waals surface area (Å²) in [4.78, 5) is 14.5. The second-order valence-corrected chi connectivity index (χ2v) is 3.61. The number of carboxylic acids is 1. The summed E-state index contributed by atoms with van der Waals surface area (Å²) in [5, 5.41) is 18.9. The van der Waals surface area contributed by atoms with Gasteiger partial charge < -0.3 is 10.2 Å². The number of halogens is 1. The van der Waals surface area contributed by atoms with Crippen LogP contribution in [0.1, 0.15) is 11.7 Å². The predicted octanol–water partition coefficient (Wildman–Crippen LogP) is 1.69. The van der Waals surface area contributed by atoms with Gasteiger partial charge in [-0.05, 0) is 6.07 Å². The van der Waals surface area contributed by atoms with Crippen LogP contribution in [-0.4, -0.2) is 27.3 Å². The Labute approximate surface area is 96.3 Å². The van der Waals surface area contributed by atoms with E-state index in [1.165, 1.54) is 12.3 Å². The molecule has 2 aromatic rings. The fourth-order valence-electron chi connectivity index (χ4n) is 1.66. The molecule has 0 radical (unpaired) electrons. The average molecular weight is 235 g/mol. The van der Waals surface area contributed by atoms with Crippen molar-refractivity contribution in [2.24, 2.45) is 0 Å². The number of para-hydroxylation sites is 1. The largest absolute Gasteiger partial charge is 0.479 e. The van der Waals surface area contributed by atoms with Gasteiger partial charge in [-0.3, -0.25) is 4.98 Å². The third-order valence-electron chi connectivity index (χ3n) is 2.50. The topological polar surface area (TPSA) is 70.4 Å². The number of hydrogen-bond acceptors (Lipinski definition) is 3. The van der Waals surface area contributed by atoms with Crippen LogP contribution in [0.25, 0.3) is 10.9 Å². The van der Waals surface area contributed by atoms with E-state index < -0.39 is 18.2 Å². The highest BCUT2D eigenvalue weighted by Crippen LogP contribution is 2.26. The van der Waals surface area contributed by atoms with Gasteiger partial charge in [0.25, 0.3) is 0 Å². The molecule has 0 saturated carbocycles. The van der Waals surface area contributed by atoms with Gasteiger partial charge in [0.1, 0.15) is 6.10 Å². The molecular weight excluding hydrogens is 225 g/mol. The SMILES string of the molecule is O=C(O)C(F)C(O)c1cccc2cccnc12. The molecule has 2 N–H and O–H groups in total. The zero-order valence-corrected chi connectivity index (χ0v) is 8.75. The lowest BCUT2D eigenvalue weighted by Gasteiger charge is -2.14. The second kappa shape index (κ2) is 4.47. The number of aliphatic carboxylic acids is 1. The van der Waals surface area contributed by atoms with Crippen LogP contribution in [0.4, 0.5) is 4.39 Å². The van der Waals surface area contributed by atoms with Gasteiger partial charge in [0.05, 0.1) is 5.52 Å². The van der Waals surface area contributed by atoms with Gasteiger partial charge in [0.2, 0.25) is 6.17 Å². The standard InChI is InChI=1S/C12H10FNO3/c13-9(12(16)17)11(15)8-5-1-3-7-4-2-6-14-10(7)8/h1-6,9,11,15H,(H,16,17). The van der Waals surface area contributed by atoms with Gasteiger partial charge >= 0.3 is 5.97 Å². The summed E-state index contributed by atoms with van der Waals surface area (Å²) in [6, 6.07) is 8.31. The van der Waals surface area contributed by atoms with Crippen LogP contribution in [0.3, 0.4) is 0 Å². The molecule has 2 unspecified atom stereocenters. The monoisotopic (exact) mass is 235 g/mol. The van der Waals surface area contributed by atoms with Crippen LogP contribution < -0.4 is 0 Å². The van der Waals surface area contributed by atoms with Crippen molar-refractivity contribution in [3.63, 3.8) is 0 Å². The van der Waals surface area contributed by atoms with E-state index >= 15 is 0 Å². The lowest BCUT2D eigenvalue weighted by atomic mass is 10.0. The maximum absolute atomic E-state index is 13.3. The van der Waals surface area contributed by atoms with Crippen molar-refractivity contribution in [2.75, 3.05) is 0 Å². The normalized spacial score (nSPS) is 14.5. The number of benzene rings is 1. The summed E-state index contributed by atoms with van der Waals surface area (Å²) in [6.45, 7) is 0. The van der Waals surface area contributed by atoms with E-state index in [4.69, 9.17) is 5.11 Å². The highest BCUT2D eigenvalue weighted by molar-refractivity contribution is 5.83. The third kappa shape index (κ3) is 2.09. The molecular formula is C12H10FNO3. The third-order valence-corrected chi connectivity index (χ3v) is 2.50. The van der Waals surface area contributed by atoms with Gasteiger partial charge in [-0.25, -0.2) is 9.18 Å². The Morgan fingerprint density at radius 1 is 1.29 bits per heavy atom. The molecule has 0 bridgehead atoms. The van der Waals surface area contributed by atoms with Crippen LogP contribution in [-0.2, 0) is 4.79 Å². The van der Waals surface area contributed by atoms with Crippen molar-refractivity contribution in [3.05, 3.63) is 42.1 Å². The zero-order valence-electron chi connectivity index (χ0n) is 8.75. The number of rotatable bonds is 3. The first kappa shape index (κ1) is 11.5. The number of alkyl halides is 1. The first-order valence-corrected chi connectivity index (χ1v) is 5.00. The number of fused-ring (bicyclic) bond motifs is 1. The van der Waals surface area contributed by atoms with E-state index in [9.17, 15) is 14.3 Å². The Morgan fingerprint density at radius 3 is 2.71 bits per heavy atom. The molecule has 2 rings (SSSR count). The highest BCUT2D eigenvalue weighted by Gasteiger charge is 2.28. The minimum absolute atomic E-state index is 0.179. The number of hydrogen-bond donors (Lipinski definition) is 2. The highest BCUT2D eigenvalue weighted by atomic mass is 19.1. The summed E-state index contributed by atoms with van der Waals surface area (Å²) >= 11 is 0. The smallest absolute Gasteiger partial charge is 0.341 e. The van der Waals surface area contributed by atoms with Gasteiger partial charge in [0.15, 0.2) is 0 Å². The number of carboxylic acid groups (broad SMARTS) is 1. The molecule has 17 heavy (non-hydrogen) atoms. The molecule has 0 aliphatic rings. The number of aromatic nitrogens is 1. The Balaban J connectivity index is 2.52. The molecule has 0 fully saturated rings. The Bertz CT molecular complexity index is 553. The molecule has 0 spiro atoms. The molecule has 0 amide bonds. The van der Waals surface area contributed by atoms with Gasteiger partial charge in [-0.1, -0.05) is 24.3 Å². The van der Waals surface area contributed by atoms with E-state index in [-0.39, 0.29) is 5.56 Å². The summed E-state index contributed by atoms with van der Waals surface area (Å²) < 4.78 is 13.3. The van der Waals surface area contributed by atoms with Crippen LogP contribution in [0, 0.1) is 0 Å². The summed E-state index contributed by atoms with van der Waals surface area (Å²) in [6.07, 6.45) is -2.57. The lowest BCUT2D eigenvalue weighted by Crippen LogP contribution is -2.23. The second-order valence-electron chi connectivity index (χ2n) is 3.61. The first-order chi connectivity index (χ1) is 8.11. The van der Waals surface area contributed by atoms with Gasteiger partial charge in [-0.15, -0.1) is 0 Å². The molecule has 88 valence electrons. The summed E-state index contributed by atoms with van der Waals surface area (Å²) in [7, 11) is 0. The number of aliphatic hydroxyl groups is 1. The minimum Gasteiger partial charge on any atom is -0.479 e. The first-order valence-electron chi connectivity index (χ1n) is 5.00. The predicted molar refractivity (Wildman–Crippen MR) is 59.2 cm³/mol. The van der Waals surface area contributed by atoms with E-state index in [1.807, 2.05) is 0 Å². The average Bonchev–Trinajstić information content (AvgIpc) is 2.36. The van der Waals surface area contributed by atoms with Crippen LogP contribution in [0.5, 0.6) is 0 Å². The molecule has 1 heterocycles. The Morgan fingerprint density at radius 2 is 2.00 bits per heavy atom. The number of nitrogens with zero attached hydrogens (tertiary/aromatic N) is 1. The molecule has 0 aliphatic carbocycles. The number of carbonyl (C=O) groups is 1. The fourth-order valence-corrected chi connectivity index (χ4v) is 1.66. The molecule has 1 aromatic carbocycles. The van der Waals surface area contributed by atoms with Crippen LogP contribution in [0.15, 0.2) is 36.5 Å². The van der Waals surface area contributed by atoms with E-state index in [0.717, 1.165) is 5.39 Å². The summed E-state index contributed by atoms with van der Waals surface area (Å²) in [5.74, 6) is -1.69. The molecule has 0 aliphatic heterocycles. The van der Waals surface area contributed by atoms with E-state index in [2.05, 4.69) is 4.98 Å². The van der Waals surface area contributed by atoms with Crippen molar-refractivity contribution in [1.82, 2.24) is 4.98 Å². The number of aliphatic hydroxyl groups excluding tert-OH is 1. The van der Waals surface area contributed by atoms with Crippen molar-refractivity contribution in [3.8, 4) is 0 Å². The fraction of sp³-hybridized carbons (Fsp3) is 0.167. The van der Waals surface area contributed by atoms with Crippen molar-refractivity contribution in [2.45, 2.75) is 12.3 Å². The summed E-state index contributed by atoms with van der Waals surface area (Å²) in [5.41, 5.74) is 0.587.